The Bertz CT molecular complexity index is 652. The van der Waals surface area contributed by atoms with Gasteiger partial charge in [0.2, 0.25) is 0 Å². The first-order chi connectivity index (χ1) is 9.99. The maximum Gasteiger partial charge on any atom is 0.335 e. The van der Waals surface area contributed by atoms with Gasteiger partial charge in [-0.1, -0.05) is 15.9 Å². The van der Waals surface area contributed by atoms with Gasteiger partial charge in [0.1, 0.15) is 12.4 Å². The third-order valence-electron chi connectivity index (χ3n) is 2.73. The van der Waals surface area contributed by atoms with Crippen LogP contribution in [0.15, 0.2) is 40.9 Å². The second-order valence-corrected chi connectivity index (χ2v) is 5.15. The van der Waals surface area contributed by atoms with E-state index < -0.39 is 5.97 Å². The van der Waals surface area contributed by atoms with Crippen molar-refractivity contribution in [2.24, 2.45) is 0 Å². The highest BCUT2D eigenvalue weighted by Gasteiger charge is 2.10. The lowest BCUT2D eigenvalue weighted by Crippen LogP contribution is -2.01. The molecule has 6 heteroatoms. The molecule has 4 nitrogen and oxygen atoms in total. The molecule has 0 unspecified atom stereocenters. The first-order valence-electron chi connectivity index (χ1n) is 5.98. The van der Waals surface area contributed by atoms with Gasteiger partial charge in [-0.3, -0.25) is 0 Å². The van der Waals surface area contributed by atoms with Crippen LogP contribution >= 0.6 is 15.9 Å². The lowest BCUT2D eigenvalue weighted by molar-refractivity contribution is 0.0696. The van der Waals surface area contributed by atoms with Gasteiger partial charge >= 0.3 is 5.97 Å². The van der Waals surface area contributed by atoms with Crippen molar-refractivity contribution in [3.63, 3.8) is 0 Å². The average Bonchev–Trinajstić information content (AvgIpc) is 2.43. The number of carbonyl (C=O) groups is 1. The lowest BCUT2D eigenvalue weighted by Gasteiger charge is -2.11. The molecule has 0 heterocycles. The highest BCUT2D eigenvalue weighted by Crippen LogP contribution is 2.29. The highest BCUT2D eigenvalue weighted by atomic mass is 79.9. The van der Waals surface area contributed by atoms with Crippen molar-refractivity contribution in [3.05, 3.63) is 57.8 Å². The maximum atomic E-state index is 13.3. The zero-order valence-corrected chi connectivity index (χ0v) is 12.7. The molecular formula is C15H12BrFO4. The summed E-state index contributed by atoms with van der Waals surface area (Å²) in [5, 5.41) is 8.98. The fourth-order valence-corrected chi connectivity index (χ4v) is 2.29. The van der Waals surface area contributed by atoms with Crippen LogP contribution < -0.4 is 9.47 Å². The number of hydrogen-bond donors (Lipinski definition) is 1. The van der Waals surface area contributed by atoms with Crippen molar-refractivity contribution in [3.8, 4) is 11.5 Å². The van der Waals surface area contributed by atoms with Gasteiger partial charge in [0.05, 0.1) is 12.7 Å². The Labute approximate surface area is 129 Å². The van der Waals surface area contributed by atoms with Crippen molar-refractivity contribution in [2.45, 2.75) is 6.61 Å². The third-order valence-corrected chi connectivity index (χ3v) is 3.19. The highest BCUT2D eigenvalue weighted by molar-refractivity contribution is 9.10. The van der Waals surface area contributed by atoms with Crippen molar-refractivity contribution >= 4 is 21.9 Å². The molecule has 0 spiro atoms. The van der Waals surface area contributed by atoms with Gasteiger partial charge in [-0.15, -0.1) is 0 Å². The second kappa shape index (κ2) is 6.58. The standard InChI is InChI=1S/C15H12BrFO4/c1-20-13-3-2-10(15(18)19)6-14(13)21-8-9-4-11(16)7-12(17)5-9/h2-7H,8H2,1H3,(H,18,19). The number of methoxy groups -OCH3 is 1. The van der Waals surface area contributed by atoms with Crippen LogP contribution in [-0.2, 0) is 6.61 Å². The zero-order chi connectivity index (χ0) is 15.4. The fraction of sp³-hybridized carbons (Fsp3) is 0.133. The number of carboxylic acid groups (broad SMARTS) is 1. The van der Waals surface area contributed by atoms with E-state index in [0.717, 1.165) is 0 Å². The molecule has 0 atom stereocenters. The van der Waals surface area contributed by atoms with Gasteiger partial charge in [-0.05, 0) is 42.0 Å². The summed E-state index contributed by atoms with van der Waals surface area (Å²) in [6, 6.07) is 8.71. The van der Waals surface area contributed by atoms with Crippen LogP contribution in [0.3, 0.4) is 0 Å². The number of ether oxygens (including phenoxy) is 2. The summed E-state index contributed by atoms with van der Waals surface area (Å²) in [5.74, 6) is -0.738. The van der Waals surface area contributed by atoms with Crippen LogP contribution in [-0.4, -0.2) is 18.2 Å². The zero-order valence-electron chi connectivity index (χ0n) is 11.1. The summed E-state index contributed by atoms with van der Waals surface area (Å²) in [7, 11) is 1.46. The summed E-state index contributed by atoms with van der Waals surface area (Å²) in [5.41, 5.74) is 0.705. The van der Waals surface area contributed by atoms with Gasteiger partial charge in [0.25, 0.3) is 0 Å². The second-order valence-electron chi connectivity index (χ2n) is 4.24. The maximum absolute atomic E-state index is 13.3. The van der Waals surface area contributed by atoms with E-state index in [4.69, 9.17) is 14.6 Å². The van der Waals surface area contributed by atoms with E-state index in [2.05, 4.69) is 15.9 Å². The molecule has 0 aliphatic heterocycles. The summed E-state index contributed by atoms with van der Waals surface area (Å²) < 4.78 is 24.5. The normalized spacial score (nSPS) is 10.2. The Kier molecular flexibility index (Phi) is 4.80. The van der Waals surface area contributed by atoms with E-state index in [1.807, 2.05) is 0 Å². The molecule has 0 saturated heterocycles. The molecule has 0 radical (unpaired) electrons. The molecule has 0 aliphatic carbocycles. The molecule has 0 fully saturated rings. The molecule has 0 aromatic heterocycles. The minimum absolute atomic E-state index is 0.0891. The molecule has 2 aromatic rings. The summed E-state index contributed by atoms with van der Waals surface area (Å²) >= 11 is 3.20. The van der Waals surface area contributed by atoms with Crippen molar-refractivity contribution in [1.82, 2.24) is 0 Å². The van der Waals surface area contributed by atoms with Gasteiger partial charge < -0.3 is 14.6 Å². The number of rotatable bonds is 5. The summed E-state index contributed by atoms with van der Waals surface area (Å²) in [6.45, 7) is 0.0930. The van der Waals surface area contributed by atoms with E-state index in [9.17, 15) is 9.18 Å². The Hall–Kier alpha value is -2.08. The molecule has 0 bridgehead atoms. The molecule has 0 aliphatic rings. The summed E-state index contributed by atoms with van der Waals surface area (Å²) in [6.07, 6.45) is 0. The lowest BCUT2D eigenvalue weighted by atomic mass is 10.2. The Morgan fingerprint density at radius 2 is 2.00 bits per heavy atom. The molecule has 2 rings (SSSR count). The molecule has 110 valence electrons. The molecule has 0 amide bonds. The van der Waals surface area contributed by atoms with E-state index in [1.165, 1.54) is 37.4 Å². The van der Waals surface area contributed by atoms with Gasteiger partial charge in [-0.2, -0.15) is 0 Å². The fourth-order valence-electron chi connectivity index (χ4n) is 1.78. The van der Waals surface area contributed by atoms with E-state index in [1.54, 1.807) is 6.07 Å². The quantitative estimate of drug-likeness (QED) is 0.885. The molecular weight excluding hydrogens is 343 g/mol. The predicted molar refractivity (Wildman–Crippen MR) is 78.4 cm³/mol. The van der Waals surface area contributed by atoms with E-state index in [-0.39, 0.29) is 23.7 Å². The predicted octanol–water partition coefficient (Wildman–Crippen LogP) is 3.87. The largest absolute Gasteiger partial charge is 0.493 e. The molecule has 1 N–H and O–H groups in total. The van der Waals surface area contributed by atoms with Crippen LogP contribution in [0.2, 0.25) is 0 Å². The number of benzene rings is 2. The first kappa shape index (κ1) is 15.3. The minimum atomic E-state index is -1.06. The van der Waals surface area contributed by atoms with Gasteiger partial charge in [-0.25, -0.2) is 9.18 Å². The number of aromatic carboxylic acids is 1. The third kappa shape index (κ3) is 3.95. The number of halogens is 2. The first-order valence-corrected chi connectivity index (χ1v) is 6.78. The van der Waals surface area contributed by atoms with Crippen LogP contribution in [0, 0.1) is 5.82 Å². The SMILES string of the molecule is COc1ccc(C(=O)O)cc1OCc1cc(F)cc(Br)c1. The smallest absolute Gasteiger partial charge is 0.335 e. The molecule has 0 saturated carbocycles. The van der Waals surface area contributed by atoms with Crippen LogP contribution in [0.4, 0.5) is 4.39 Å². The average molecular weight is 355 g/mol. The Balaban J connectivity index is 2.21. The minimum Gasteiger partial charge on any atom is -0.493 e. The van der Waals surface area contributed by atoms with Crippen molar-refractivity contribution in [1.29, 1.82) is 0 Å². The molecule has 2 aromatic carbocycles. The molecule has 21 heavy (non-hydrogen) atoms. The van der Waals surface area contributed by atoms with Gasteiger partial charge in [0, 0.05) is 4.47 Å². The van der Waals surface area contributed by atoms with E-state index in [0.29, 0.717) is 15.8 Å². The Morgan fingerprint density at radius 3 is 2.62 bits per heavy atom. The van der Waals surface area contributed by atoms with Crippen molar-refractivity contribution in [2.75, 3.05) is 7.11 Å². The monoisotopic (exact) mass is 354 g/mol. The van der Waals surface area contributed by atoms with Crippen LogP contribution in [0.25, 0.3) is 0 Å². The summed E-state index contributed by atoms with van der Waals surface area (Å²) in [4.78, 5) is 11.0. The van der Waals surface area contributed by atoms with Gasteiger partial charge in [0.15, 0.2) is 11.5 Å². The van der Waals surface area contributed by atoms with E-state index >= 15 is 0 Å². The Morgan fingerprint density at radius 1 is 1.24 bits per heavy atom. The van der Waals surface area contributed by atoms with Crippen molar-refractivity contribution < 1.29 is 23.8 Å². The topological polar surface area (TPSA) is 55.8 Å². The van der Waals surface area contributed by atoms with Crippen LogP contribution in [0.5, 0.6) is 11.5 Å². The number of hydrogen-bond acceptors (Lipinski definition) is 3. The number of carboxylic acids is 1. The van der Waals surface area contributed by atoms with Crippen LogP contribution in [0.1, 0.15) is 15.9 Å².